The van der Waals surface area contributed by atoms with Crippen LogP contribution in [-0.4, -0.2) is 36.0 Å². The molecule has 0 aromatic heterocycles. The van der Waals surface area contributed by atoms with E-state index in [1.807, 2.05) is 35.2 Å². The number of carbonyl (C=O) groups is 1. The molecule has 1 fully saturated rings. The maximum atomic E-state index is 12.9. The third kappa shape index (κ3) is 3.04. The number of benzene rings is 2. The van der Waals surface area contributed by atoms with Gasteiger partial charge in [-0.3, -0.25) is 4.79 Å². The van der Waals surface area contributed by atoms with Gasteiger partial charge in [-0.25, -0.2) is 0 Å². The minimum absolute atomic E-state index is 0. The normalized spacial score (nSPS) is 21.9. The van der Waals surface area contributed by atoms with Crippen molar-refractivity contribution >= 4 is 29.1 Å². The summed E-state index contributed by atoms with van der Waals surface area (Å²) in [7, 11) is 0. The molecule has 0 aliphatic carbocycles. The Morgan fingerprint density at radius 2 is 1.86 bits per heavy atom. The number of fused-ring (bicyclic) bond motifs is 1. The molecule has 0 saturated carbocycles. The van der Waals surface area contributed by atoms with Crippen molar-refractivity contribution in [2.24, 2.45) is 0 Å². The quantitative estimate of drug-likeness (QED) is 0.878. The lowest BCUT2D eigenvalue weighted by Crippen LogP contribution is -2.56. The third-order valence-electron chi connectivity index (χ3n) is 4.05. The molecule has 1 N–H and O–H groups in total. The van der Waals surface area contributed by atoms with Gasteiger partial charge in [0.1, 0.15) is 0 Å². The van der Waals surface area contributed by atoms with E-state index >= 15 is 0 Å². The zero-order chi connectivity index (χ0) is 14.1. The summed E-state index contributed by atoms with van der Waals surface area (Å²) in [5, 5.41) is 5.57. The highest BCUT2D eigenvalue weighted by molar-refractivity contribution is 6.07. The first-order valence-electron chi connectivity index (χ1n) is 7.19. The van der Waals surface area contributed by atoms with Crippen molar-refractivity contribution in [2.75, 3.05) is 13.1 Å². The van der Waals surface area contributed by atoms with E-state index in [0.29, 0.717) is 6.04 Å². The number of halogens is 1. The molecule has 4 heteroatoms. The van der Waals surface area contributed by atoms with Gasteiger partial charge in [-0.05, 0) is 30.7 Å². The SMILES string of the molecule is CC1CN(C(=O)c2cccc3ccccc23)C(C)CN1.Cl. The minimum atomic E-state index is 0. The molecule has 1 aliphatic rings. The van der Waals surface area contributed by atoms with Gasteiger partial charge in [0.15, 0.2) is 0 Å². The number of amides is 1. The molecule has 1 saturated heterocycles. The van der Waals surface area contributed by atoms with Crippen molar-refractivity contribution in [1.29, 1.82) is 0 Å². The number of hydrogen-bond donors (Lipinski definition) is 1. The average molecular weight is 305 g/mol. The second kappa shape index (κ2) is 6.46. The fraction of sp³-hybridized carbons (Fsp3) is 0.353. The first kappa shape index (κ1) is 15.8. The monoisotopic (exact) mass is 304 g/mol. The summed E-state index contributed by atoms with van der Waals surface area (Å²) in [6.45, 7) is 5.85. The lowest BCUT2D eigenvalue weighted by Gasteiger charge is -2.37. The van der Waals surface area contributed by atoms with Gasteiger partial charge in [0.2, 0.25) is 0 Å². The number of piperazine rings is 1. The Balaban J connectivity index is 0.00000161. The average Bonchev–Trinajstić information content (AvgIpc) is 2.48. The third-order valence-corrected chi connectivity index (χ3v) is 4.05. The Kier molecular flexibility index (Phi) is 4.86. The number of nitrogens with one attached hydrogen (secondary N) is 1. The summed E-state index contributed by atoms with van der Waals surface area (Å²) < 4.78 is 0. The molecule has 2 aromatic rings. The highest BCUT2D eigenvalue weighted by Crippen LogP contribution is 2.21. The molecule has 2 aromatic carbocycles. The summed E-state index contributed by atoms with van der Waals surface area (Å²) in [5.74, 6) is 0.141. The van der Waals surface area contributed by atoms with E-state index in [0.717, 1.165) is 29.4 Å². The molecule has 1 heterocycles. The molecule has 0 spiro atoms. The van der Waals surface area contributed by atoms with Crippen LogP contribution in [0, 0.1) is 0 Å². The smallest absolute Gasteiger partial charge is 0.254 e. The maximum Gasteiger partial charge on any atom is 0.254 e. The molecule has 1 amide bonds. The summed E-state index contributed by atoms with van der Waals surface area (Å²) in [6.07, 6.45) is 0. The maximum absolute atomic E-state index is 12.9. The Hall–Kier alpha value is -1.58. The standard InChI is InChI=1S/C17H20N2O.ClH/c1-12-11-19(13(2)10-18-12)17(20)16-9-5-7-14-6-3-4-8-15(14)16;/h3-9,12-13,18H,10-11H2,1-2H3;1H. The predicted molar refractivity (Wildman–Crippen MR) is 89.2 cm³/mol. The van der Waals surface area contributed by atoms with Crippen molar-refractivity contribution in [1.82, 2.24) is 10.2 Å². The Labute approximate surface area is 131 Å². The lowest BCUT2D eigenvalue weighted by atomic mass is 10.0. The molecule has 2 unspecified atom stereocenters. The van der Waals surface area contributed by atoms with Crippen molar-refractivity contribution < 1.29 is 4.79 Å². The van der Waals surface area contributed by atoms with Gasteiger partial charge in [0.25, 0.3) is 5.91 Å². The van der Waals surface area contributed by atoms with Crippen LogP contribution in [-0.2, 0) is 0 Å². The van der Waals surface area contributed by atoms with Crippen LogP contribution in [0.15, 0.2) is 42.5 Å². The predicted octanol–water partition coefficient (Wildman–Crippen LogP) is 3.08. The summed E-state index contributed by atoms with van der Waals surface area (Å²) >= 11 is 0. The highest BCUT2D eigenvalue weighted by atomic mass is 35.5. The van der Waals surface area contributed by atoms with Gasteiger partial charge in [-0.1, -0.05) is 36.4 Å². The molecule has 1 aliphatic heterocycles. The van der Waals surface area contributed by atoms with E-state index < -0.39 is 0 Å². The van der Waals surface area contributed by atoms with Gasteiger partial charge < -0.3 is 10.2 Å². The van der Waals surface area contributed by atoms with Gasteiger partial charge in [0, 0.05) is 30.7 Å². The van der Waals surface area contributed by atoms with Crippen LogP contribution in [0.2, 0.25) is 0 Å². The Morgan fingerprint density at radius 1 is 1.14 bits per heavy atom. The molecule has 0 radical (unpaired) electrons. The van der Waals surface area contributed by atoms with Crippen molar-refractivity contribution in [3.63, 3.8) is 0 Å². The van der Waals surface area contributed by atoms with E-state index in [-0.39, 0.29) is 24.4 Å². The molecule has 2 atom stereocenters. The van der Waals surface area contributed by atoms with Crippen LogP contribution in [0.5, 0.6) is 0 Å². The first-order valence-corrected chi connectivity index (χ1v) is 7.19. The molecule has 21 heavy (non-hydrogen) atoms. The zero-order valence-electron chi connectivity index (χ0n) is 12.4. The fourth-order valence-electron chi connectivity index (χ4n) is 2.87. The van der Waals surface area contributed by atoms with Crippen molar-refractivity contribution in [3.05, 3.63) is 48.0 Å². The van der Waals surface area contributed by atoms with Crippen LogP contribution in [0.3, 0.4) is 0 Å². The number of nitrogens with zero attached hydrogens (tertiary/aromatic N) is 1. The molecule has 3 nitrogen and oxygen atoms in total. The Morgan fingerprint density at radius 3 is 2.67 bits per heavy atom. The molecule has 3 rings (SSSR count). The number of hydrogen-bond acceptors (Lipinski definition) is 2. The number of rotatable bonds is 1. The van der Waals surface area contributed by atoms with Crippen molar-refractivity contribution in [2.45, 2.75) is 25.9 Å². The van der Waals surface area contributed by atoms with Gasteiger partial charge in [0.05, 0.1) is 0 Å². The molecular weight excluding hydrogens is 284 g/mol. The van der Waals surface area contributed by atoms with Crippen LogP contribution in [0.25, 0.3) is 10.8 Å². The number of carbonyl (C=O) groups excluding carboxylic acids is 1. The Bertz CT molecular complexity index is 638. The topological polar surface area (TPSA) is 32.3 Å². The molecular formula is C17H21ClN2O. The van der Waals surface area contributed by atoms with E-state index in [2.05, 4.69) is 31.3 Å². The van der Waals surface area contributed by atoms with Crippen LogP contribution >= 0.6 is 12.4 Å². The van der Waals surface area contributed by atoms with Crippen molar-refractivity contribution in [3.8, 4) is 0 Å². The van der Waals surface area contributed by atoms with Crippen LogP contribution in [0.4, 0.5) is 0 Å². The first-order chi connectivity index (χ1) is 9.66. The fourth-order valence-corrected chi connectivity index (χ4v) is 2.87. The van der Waals surface area contributed by atoms with Gasteiger partial charge in [-0.2, -0.15) is 0 Å². The second-order valence-corrected chi connectivity index (χ2v) is 5.64. The van der Waals surface area contributed by atoms with Gasteiger partial charge >= 0.3 is 0 Å². The van der Waals surface area contributed by atoms with Crippen LogP contribution in [0.1, 0.15) is 24.2 Å². The molecule has 112 valence electrons. The zero-order valence-corrected chi connectivity index (χ0v) is 13.2. The highest BCUT2D eigenvalue weighted by Gasteiger charge is 2.27. The van der Waals surface area contributed by atoms with E-state index in [1.165, 1.54) is 0 Å². The summed E-state index contributed by atoms with van der Waals surface area (Å²) in [6, 6.07) is 14.6. The molecule has 0 bridgehead atoms. The summed E-state index contributed by atoms with van der Waals surface area (Å²) in [4.78, 5) is 14.9. The van der Waals surface area contributed by atoms with Crippen LogP contribution < -0.4 is 5.32 Å². The summed E-state index contributed by atoms with van der Waals surface area (Å²) in [5.41, 5.74) is 0.809. The van der Waals surface area contributed by atoms with Gasteiger partial charge in [-0.15, -0.1) is 12.4 Å². The largest absolute Gasteiger partial charge is 0.333 e. The second-order valence-electron chi connectivity index (χ2n) is 5.64. The van der Waals surface area contributed by atoms with E-state index in [4.69, 9.17) is 0 Å². The minimum Gasteiger partial charge on any atom is -0.333 e. The van der Waals surface area contributed by atoms with E-state index in [1.54, 1.807) is 0 Å². The van der Waals surface area contributed by atoms with E-state index in [9.17, 15) is 4.79 Å². The lowest BCUT2D eigenvalue weighted by molar-refractivity contribution is 0.0618.